The maximum absolute atomic E-state index is 12.4. The highest BCUT2D eigenvalue weighted by Gasteiger charge is 2.37. The summed E-state index contributed by atoms with van der Waals surface area (Å²) >= 11 is 0. The Balaban J connectivity index is 2.13. The van der Waals surface area contributed by atoms with E-state index in [2.05, 4.69) is 0 Å². The topological polar surface area (TPSA) is 26.0 Å². The molecule has 76 valence electrons. The van der Waals surface area contributed by atoms with E-state index in [1.54, 1.807) is 12.1 Å². The molecule has 3 heteroatoms. The van der Waals surface area contributed by atoms with Crippen LogP contribution in [0.4, 0.5) is 8.78 Å². The molecular formula is C11H13F2N. The number of alkyl halides is 2. The van der Waals surface area contributed by atoms with Gasteiger partial charge in [-0.25, -0.2) is 8.78 Å². The molecule has 0 heterocycles. The molecule has 0 atom stereocenters. The van der Waals surface area contributed by atoms with Gasteiger partial charge in [-0.1, -0.05) is 24.3 Å². The zero-order chi connectivity index (χ0) is 10.2. The number of rotatable bonds is 3. The molecule has 0 radical (unpaired) electrons. The van der Waals surface area contributed by atoms with Crippen molar-refractivity contribution in [2.45, 2.75) is 31.2 Å². The van der Waals surface area contributed by atoms with Crippen LogP contribution in [-0.4, -0.2) is 5.54 Å². The molecule has 0 aliphatic heterocycles. The van der Waals surface area contributed by atoms with Gasteiger partial charge in [0.15, 0.2) is 0 Å². The molecule has 1 aliphatic carbocycles. The molecule has 0 aromatic heterocycles. The zero-order valence-corrected chi connectivity index (χ0v) is 7.84. The van der Waals surface area contributed by atoms with Gasteiger partial charge >= 0.3 is 0 Å². The van der Waals surface area contributed by atoms with Gasteiger partial charge in [-0.05, 0) is 24.8 Å². The van der Waals surface area contributed by atoms with Crippen LogP contribution in [0.15, 0.2) is 24.3 Å². The van der Waals surface area contributed by atoms with Gasteiger partial charge in [-0.2, -0.15) is 0 Å². The second-order valence-corrected chi connectivity index (χ2v) is 4.08. The lowest BCUT2D eigenvalue weighted by Crippen LogP contribution is -2.24. The molecule has 1 aliphatic rings. The second kappa shape index (κ2) is 3.31. The van der Waals surface area contributed by atoms with Crippen LogP contribution in [0, 0.1) is 0 Å². The van der Waals surface area contributed by atoms with Crippen molar-refractivity contribution < 1.29 is 8.78 Å². The van der Waals surface area contributed by atoms with Gasteiger partial charge in [-0.3, -0.25) is 0 Å². The summed E-state index contributed by atoms with van der Waals surface area (Å²) in [4.78, 5) is 0. The first kappa shape index (κ1) is 9.59. The van der Waals surface area contributed by atoms with E-state index in [1.807, 2.05) is 6.07 Å². The van der Waals surface area contributed by atoms with Gasteiger partial charge in [0, 0.05) is 11.1 Å². The summed E-state index contributed by atoms with van der Waals surface area (Å²) in [5, 5.41) is 0. The molecule has 1 nitrogen and oxygen atoms in total. The third kappa shape index (κ3) is 2.10. The Kier molecular flexibility index (Phi) is 2.27. The fraction of sp³-hybridized carbons (Fsp3) is 0.455. The molecular weight excluding hydrogens is 184 g/mol. The van der Waals surface area contributed by atoms with E-state index in [1.165, 1.54) is 6.07 Å². The number of hydrogen-bond acceptors (Lipinski definition) is 1. The molecule has 0 saturated heterocycles. The van der Waals surface area contributed by atoms with E-state index in [-0.39, 0.29) is 11.1 Å². The minimum absolute atomic E-state index is 0.0896. The Hall–Kier alpha value is -0.960. The third-order valence-corrected chi connectivity index (χ3v) is 2.65. The normalized spacial score (nSPS) is 18.6. The lowest BCUT2D eigenvalue weighted by Gasteiger charge is -2.09. The number of nitrogens with two attached hydrogens (primary N) is 1. The largest absolute Gasteiger partial charge is 0.325 e. The molecule has 0 unspecified atom stereocenters. The maximum atomic E-state index is 12.4. The van der Waals surface area contributed by atoms with Gasteiger partial charge in [0.2, 0.25) is 0 Å². The van der Waals surface area contributed by atoms with Crippen LogP contribution in [0.25, 0.3) is 0 Å². The first-order valence-electron chi connectivity index (χ1n) is 4.75. The van der Waals surface area contributed by atoms with E-state index >= 15 is 0 Å². The predicted octanol–water partition coefficient (Wildman–Crippen LogP) is 2.66. The Labute approximate surface area is 81.9 Å². The summed E-state index contributed by atoms with van der Waals surface area (Å²) in [7, 11) is 0. The van der Waals surface area contributed by atoms with Crippen molar-refractivity contribution in [2.24, 2.45) is 5.73 Å². The maximum Gasteiger partial charge on any atom is 0.263 e. The summed E-state index contributed by atoms with van der Waals surface area (Å²) < 4.78 is 24.7. The van der Waals surface area contributed by atoms with Crippen LogP contribution < -0.4 is 5.73 Å². The lowest BCUT2D eigenvalue weighted by atomic mass is 10.0. The van der Waals surface area contributed by atoms with Crippen LogP contribution in [-0.2, 0) is 6.42 Å². The van der Waals surface area contributed by atoms with E-state index in [0.29, 0.717) is 6.42 Å². The Morgan fingerprint density at radius 3 is 2.64 bits per heavy atom. The fourth-order valence-corrected chi connectivity index (χ4v) is 1.58. The van der Waals surface area contributed by atoms with Crippen LogP contribution in [0.5, 0.6) is 0 Å². The van der Waals surface area contributed by atoms with Gasteiger partial charge in [0.1, 0.15) is 0 Å². The molecule has 1 aromatic carbocycles. The van der Waals surface area contributed by atoms with Crippen LogP contribution in [0.1, 0.15) is 30.4 Å². The quantitative estimate of drug-likeness (QED) is 0.792. The first-order valence-corrected chi connectivity index (χ1v) is 4.75. The Bertz CT molecular complexity index is 332. The molecule has 1 fully saturated rings. The number of benzene rings is 1. The van der Waals surface area contributed by atoms with Crippen molar-refractivity contribution in [3.8, 4) is 0 Å². The predicted molar refractivity (Wildman–Crippen MR) is 51.3 cm³/mol. The zero-order valence-electron chi connectivity index (χ0n) is 7.84. The average molecular weight is 197 g/mol. The van der Waals surface area contributed by atoms with Crippen molar-refractivity contribution >= 4 is 0 Å². The highest BCUT2D eigenvalue weighted by Crippen LogP contribution is 2.36. The first-order chi connectivity index (χ1) is 6.59. The second-order valence-electron chi connectivity index (χ2n) is 4.08. The fourth-order valence-electron chi connectivity index (χ4n) is 1.58. The van der Waals surface area contributed by atoms with Crippen molar-refractivity contribution in [1.82, 2.24) is 0 Å². The van der Waals surface area contributed by atoms with Crippen molar-refractivity contribution in [2.75, 3.05) is 0 Å². The summed E-state index contributed by atoms with van der Waals surface area (Å²) in [6.45, 7) is 0. The van der Waals surface area contributed by atoms with E-state index in [9.17, 15) is 8.78 Å². The Morgan fingerprint density at radius 2 is 2.07 bits per heavy atom. The molecule has 1 saturated carbocycles. The third-order valence-electron chi connectivity index (χ3n) is 2.65. The highest BCUT2D eigenvalue weighted by atomic mass is 19.3. The highest BCUT2D eigenvalue weighted by molar-refractivity contribution is 5.27. The van der Waals surface area contributed by atoms with E-state index < -0.39 is 6.43 Å². The SMILES string of the molecule is NC1(Cc2cccc(C(F)F)c2)CC1. The standard InChI is InChI=1S/C11H13F2N/c12-10(13)9-3-1-2-8(6-9)7-11(14)4-5-11/h1-3,6,10H,4-5,7,14H2. The van der Waals surface area contributed by atoms with Crippen molar-refractivity contribution in [1.29, 1.82) is 0 Å². The minimum atomic E-state index is -2.39. The molecule has 2 rings (SSSR count). The molecule has 2 N–H and O–H groups in total. The summed E-state index contributed by atoms with van der Waals surface area (Å²) in [5.74, 6) is 0. The van der Waals surface area contributed by atoms with Gasteiger partial charge in [-0.15, -0.1) is 0 Å². The van der Waals surface area contributed by atoms with Crippen molar-refractivity contribution in [3.63, 3.8) is 0 Å². The van der Waals surface area contributed by atoms with Crippen LogP contribution in [0.3, 0.4) is 0 Å². The summed E-state index contributed by atoms with van der Waals surface area (Å²) in [6, 6.07) is 6.53. The van der Waals surface area contributed by atoms with Gasteiger partial charge in [0.05, 0.1) is 0 Å². The van der Waals surface area contributed by atoms with Gasteiger partial charge < -0.3 is 5.73 Å². The molecule has 0 amide bonds. The summed E-state index contributed by atoms with van der Waals surface area (Å²) in [5.41, 5.74) is 6.82. The van der Waals surface area contributed by atoms with Crippen molar-refractivity contribution in [3.05, 3.63) is 35.4 Å². The van der Waals surface area contributed by atoms with Crippen LogP contribution in [0.2, 0.25) is 0 Å². The number of halogens is 2. The summed E-state index contributed by atoms with van der Waals surface area (Å²) in [6.07, 6.45) is 0.341. The van der Waals surface area contributed by atoms with Gasteiger partial charge in [0.25, 0.3) is 6.43 Å². The molecule has 0 spiro atoms. The monoisotopic (exact) mass is 197 g/mol. The van der Waals surface area contributed by atoms with E-state index in [4.69, 9.17) is 5.73 Å². The average Bonchev–Trinajstić information content (AvgIpc) is 2.83. The minimum Gasteiger partial charge on any atom is -0.325 e. The Morgan fingerprint density at radius 1 is 1.36 bits per heavy atom. The smallest absolute Gasteiger partial charge is 0.263 e. The molecule has 0 bridgehead atoms. The molecule has 14 heavy (non-hydrogen) atoms. The lowest BCUT2D eigenvalue weighted by molar-refractivity contribution is 0.151. The van der Waals surface area contributed by atoms with Crippen LogP contribution >= 0.6 is 0 Å². The van der Waals surface area contributed by atoms with E-state index in [0.717, 1.165) is 18.4 Å². The number of hydrogen-bond donors (Lipinski definition) is 1. The molecule has 1 aromatic rings.